The number of halogens is 2. The van der Waals surface area contributed by atoms with Crippen molar-refractivity contribution in [2.24, 2.45) is 7.05 Å². The molecule has 33 heavy (non-hydrogen) atoms. The molecule has 2 aromatic heterocycles. The summed E-state index contributed by atoms with van der Waals surface area (Å²) in [6.07, 6.45) is 4.02. The summed E-state index contributed by atoms with van der Waals surface area (Å²) < 4.78 is 29.3. The van der Waals surface area contributed by atoms with Crippen LogP contribution in [0.15, 0.2) is 66.9 Å². The number of benzene rings is 2. The number of pyridine rings is 1. The molecule has 1 amide bonds. The Morgan fingerprint density at radius 3 is 2.55 bits per heavy atom. The number of aryl methyl sites for hydroxylation is 1. The van der Waals surface area contributed by atoms with E-state index in [9.17, 15) is 13.6 Å². The number of piperidine rings is 1. The molecule has 1 aliphatic rings. The van der Waals surface area contributed by atoms with Gasteiger partial charge in [-0.15, -0.1) is 0 Å². The van der Waals surface area contributed by atoms with Crippen LogP contribution in [0.3, 0.4) is 0 Å². The lowest BCUT2D eigenvalue weighted by Crippen LogP contribution is -2.38. The quantitative estimate of drug-likeness (QED) is 0.418. The van der Waals surface area contributed by atoms with Gasteiger partial charge >= 0.3 is 0 Å². The number of carbonyl (C=O) groups is 1. The molecular formula is C27H25F2N3O. The third-order valence-corrected chi connectivity index (χ3v) is 6.62. The predicted molar refractivity (Wildman–Crippen MR) is 124 cm³/mol. The number of likely N-dealkylation sites (tertiary alicyclic amines) is 1. The highest BCUT2D eigenvalue weighted by Crippen LogP contribution is 2.29. The van der Waals surface area contributed by atoms with Gasteiger partial charge in [0, 0.05) is 55.3 Å². The summed E-state index contributed by atoms with van der Waals surface area (Å²) in [6.45, 7) is 1.30. The normalized spacial score (nSPS) is 14.7. The van der Waals surface area contributed by atoms with Gasteiger partial charge in [0.1, 0.15) is 17.3 Å². The standard InChI is InChI=1S/C27H25F2N3O/c1-31-25-9-7-22(28)15-21(25)16-26(31)27(33)32-12-10-19(11-13-32)24-8-6-18(17-30-24)14-20-4-2-3-5-23(20)29/h2-9,15-17,19H,10-14H2,1H3. The fraction of sp³-hybridized carbons (Fsp3) is 0.259. The molecule has 0 spiro atoms. The van der Waals surface area contributed by atoms with Crippen molar-refractivity contribution in [2.75, 3.05) is 13.1 Å². The van der Waals surface area contributed by atoms with E-state index in [1.54, 1.807) is 24.3 Å². The summed E-state index contributed by atoms with van der Waals surface area (Å²) in [6, 6.07) is 17.2. The van der Waals surface area contributed by atoms with Crippen LogP contribution in [0.5, 0.6) is 0 Å². The first-order valence-electron chi connectivity index (χ1n) is 11.2. The number of amides is 1. The third kappa shape index (κ3) is 4.25. The lowest BCUT2D eigenvalue weighted by molar-refractivity contribution is 0.0703. The van der Waals surface area contributed by atoms with Crippen LogP contribution >= 0.6 is 0 Å². The maximum Gasteiger partial charge on any atom is 0.270 e. The van der Waals surface area contributed by atoms with Crippen molar-refractivity contribution in [3.63, 3.8) is 0 Å². The second-order valence-corrected chi connectivity index (χ2v) is 8.72. The molecule has 2 aromatic carbocycles. The van der Waals surface area contributed by atoms with E-state index in [-0.39, 0.29) is 23.5 Å². The zero-order chi connectivity index (χ0) is 22.9. The highest BCUT2D eigenvalue weighted by atomic mass is 19.1. The number of hydrogen-bond donors (Lipinski definition) is 0. The lowest BCUT2D eigenvalue weighted by Gasteiger charge is -2.32. The van der Waals surface area contributed by atoms with Crippen LogP contribution in [0.1, 0.15) is 46.1 Å². The Bertz CT molecular complexity index is 1300. The number of carbonyl (C=O) groups excluding carboxylic acids is 1. The van der Waals surface area contributed by atoms with Crippen molar-refractivity contribution < 1.29 is 13.6 Å². The first-order valence-corrected chi connectivity index (χ1v) is 11.2. The molecule has 6 heteroatoms. The highest BCUT2D eigenvalue weighted by Gasteiger charge is 2.27. The van der Waals surface area contributed by atoms with E-state index in [0.29, 0.717) is 30.8 Å². The Labute approximate surface area is 191 Å². The van der Waals surface area contributed by atoms with Crippen molar-refractivity contribution in [3.8, 4) is 0 Å². The number of rotatable bonds is 4. The Balaban J connectivity index is 1.23. The van der Waals surface area contributed by atoms with Gasteiger partial charge in [-0.2, -0.15) is 0 Å². The topological polar surface area (TPSA) is 38.1 Å². The van der Waals surface area contributed by atoms with E-state index in [0.717, 1.165) is 35.0 Å². The molecule has 1 aliphatic heterocycles. The summed E-state index contributed by atoms with van der Waals surface area (Å²) in [5.41, 5.74) is 4.07. The van der Waals surface area contributed by atoms with E-state index >= 15 is 0 Å². The Morgan fingerprint density at radius 1 is 1.03 bits per heavy atom. The maximum atomic E-state index is 13.9. The summed E-state index contributed by atoms with van der Waals surface area (Å²) in [5, 5.41) is 0.732. The van der Waals surface area contributed by atoms with Crippen LogP contribution in [0.2, 0.25) is 0 Å². The fourth-order valence-electron chi connectivity index (χ4n) is 4.71. The molecule has 0 radical (unpaired) electrons. The zero-order valence-corrected chi connectivity index (χ0v) is 18.5. The molecule has 0 saturated carbocycles. The smallest absolute Gasteiger partial charge is 0.270 e. The molecule has 0 aliphatic carbocycles. The molecule has 0 unspecified atom stereocenters. The van der Waals surface area contributed by atoms with Gasteiger partial charge in [-0.25, -0.2) is 8.78 Å². The number of hydrogen-bond acceptors (Lipinski definition) is 2. The van der Waals surface area contributed by atoms with E-state index in [4.69, 9.17) is 0 Å². The summed E-state index contributed by atoms with van der Waals surface area (Å²) >= 11 is 0. The maximum absolute atomic E-state index is 13.9. The van der Waals surface area contributed by atoms with E-state index in [1.165, 1.54) is 18.2 Å². The molecule has 3 heterocycles. The summed E-state index contributed by atoms with van der Waals surface area (Å²) in [4.78, 5) is 19.6. The van der Waals surface area contributed by atoms with Crippen LogP contribution in [0, 0.1) is 11.6 Å². The minimum atomic E-state index is -0.305. The van der Waals surface area contributed by atoms with Gasteiger partial charge < -0.3 is 9.47 Å². The molecular weight excluding hydrogens is 420 g/mol. The molecule has 5 rings (SSSR count). The van der Waals surface area contributed by atoms with Crippen LogP contribution in [0.25, 0.3) is 10.9 Å². The molecule has 4 nitrogen and oxygen atoms in total. The first-order chi connectivity index (χ1) is 16.0. The minimum Gasteiger partial charge on any atom is -0.340 e. The molecule has 168 valence electrons. The minimum absolute atomic E-state index is 0.0271. The third-order valence-electron chi connectivity index (χ3n) is 6.62. The van der Waals surface area contributed by atoms with Crippen LogP contribution < -0.4 is 0 Å². The average Bonchev–Trinajstić information content (AvgIpc) is 3.16. The van der Waals surface area contributed by atoms with Gasteiger partial charge in [0.2, 0.25) is 0 Å². The fourth-order valence-corrected chi connectivity index (χ4v) is 4.71. The van der Waals surface area contributed by atoms with Crippen molar-refractivity contribution in [3.05, 3.63) is 101 Å². The summed E-state index contributed by atoms with van der Waals surface area (Å²) in [5.74, 6) is -0.242. The molecule has 1 fully saturated rings. The molecule has 1 saturated heterocycles. The Hall–Kier alpha value is -3.54. The number of aromatic nitrogens is 2. The molecule has 0 atom stereocenters. The summed E-state index contributed by atoms with van der Waals surface area (Å²) in [7, 11) is 1.84. The van der Waals surface area contributed by atoms with Crippen molar-refractivity contribution in [1.82, 2.24) is 14.5 Å². The van der Waals surface area contributed by atoms with E-state index in [2.05, 4.69) is 4.98 Å². The monoisotopic (exact) mass is 445 g/mol. The zero-order valence-electron chi connectivity index (χ0n) is 18.5. The largest absolute Gasteiger partial charge is 0.340 e. The van der Waals surface area contributed by atoms with Gasteiger partial charge in [-0.1, -0.05) is 24.3 Å². The SMILES string of the molecule is Cn1c(C(=O)N2CCC(c3ccc(Cc4ccccc4F)cn3)CC2)cc2cc(F)ccc21. The highest BCUT2D eigenvalue weighted by molar-refractivity contribution is 5.98. The molecule has 4 aromatic rings. The first kappa shape index (κ1) is 21.3. The van der Waals surface area contributed by atoms with Gasteiger partial charge in [0.15, 0.2) is 0 Å². The second-order valence-electron chi connectivity index (χ2n) is 8.72. The lowest BCUT2D eigenvalue weighted by atomic mass is 9.92. The Morgan fingerprint density at radius 2 is 1.82 bits per heavy atom. The second kappa shape index (κ2) is 8.77. The van der Waals surface area contributed by atoms with Crippen molar-refractivity contribution >= 4 is 16.8 Å². The van der Waals surface area contributed by atoms with Crippen LogP contribution in [-0.2, 0) is 13.5 Å². The van der Waals surface area contributed by atoms with Crippen molar-refractivity contribution in [1.29, 1.82) is 0 Å². The van der Waals surface area contributed by atoms with E-state index < -0.39 is 0 Å². The number of fused-ring (bicyclic) bond motifs is 1. The van der Waals surface area contributed by atoms with Gasteiger partial charge in [0.05, 0.1) is 0 Å². The van der Waals surface area contributed by atoms with Crippen LogP contribution in [-0.4, -0.2) is 33.4 Å². The van der Waals surface area contributed by atoms with Gasteiger partial charge in [0.25, 0.3) is 5.91 Å². The van der Waals surface area contributed by atoms with Gasteiger partial charge in [-0.05, 0) is 60.4 Å². The average molecular weight is 446 g/mol. The predicted octanol–water partition coefficient (Wildman–Crippen LogP) is 5.46. The van der Waals surface area contributed by atoms with Crippen LogP contribution in [0.4, 0.5) is 8.78 Å². The van der Waals surface area contributed by atoms with Crippen molar-refractivity contribution in [2.45, 2.75) is 25.2 Å². The van der Waals surface area contributed by atoms with E-state index in [1.807, 2.05) is 40.9 Å². The molecule has 0 N–H and O–H groups in total. The number of nitrogens with zero attached hydrogens (tertiary/aromatic N) is 3. The Kier molecular flexibility index (Phi) is 5.67. The van der Waals surface area contributed by atoms with Gasteiger partial charge in [-0.3, -0.25) is 9.78 Å². The molecule has 0 bridgehead atoms.